The van der Waals surface area contributed by atoms with E-state index in [9.17, 15) is 8.42 Å². The minimum Gasteiger partial charge on any atom is -0.290 e. The Labute approximate surface area is 102 Å². The van der Waals surface area contributed by atoms with Crippen molar-refractivity contribution in [3.63, 3.8) is 0 Å². The number of rotatable bonds is 1. The van der Waals surface area contributed by atoms with Crippen LogP contribution in [0, 0.1) is 17.9 Å². The van der Waals surface area contributed by atoms with Crippen LogP contribution in [0.3, 0.4) is 0 Å². The van der Waals surface area contributed by atoms with Gasteiger partial charge in [-0.2, -0.15) is 0 Å². The fourth-order valence-corrected chi connectivity index (χ4v) is 2.91. The van der Waals surface area contributed by atoms with Crippen LogP contribution in [0.25, 0.3) is 0 Å². The van der Waals surface area contributed by atoms with E-state index in [2.05, 4.69) is 22.8 Å². The van der Waals surface area contributed by atoms with E-state index in [1.807, 2.05) is 24.3 Å². The molecule has 0 atom stereocenters. The second-order valence-electron chi connectivity index (χ2n) is 4.02. The average molecular weight is 248 g/mol. The molecule has 1 aromatic rings. The maximum atomic E-state index is 11.2. The summed E-state index contributed by atoms with van der Waals surface area (Å²) in [6.07, 6.45) is 0. The van der Waals surface area contributed by atoms with Gasteiger partial charge in [-0.1, -0.05) is 24.0 Å². The zero-order chi connectivity index (χ0) is 12.1. The van der Waals surface area contributed by atoms with Gasteiger partial charge in [0.25, 0.3) is 0 Å². The van der Waals surface area contributed by atoms with Gasteiger partial charge in [-0.15, -0.1) is 0 Å². The predicted molar refractivity (Wildman–Crippen MR) is 67.2 cm³/mol. The topological polar surface area (TPSA) is 37.4 Å². The Morgan fingerprint density at radius 2 is 2.12 bits per heavy atom. The summed E-state index contributed by atoms with van der Waals surface area (Å²) in [5, 5.41) is 0. The lowest BCUT2D eigenvalue weighted by Gasteiger charge is -2.24. The SMILES string of the molecule is O=S1(=O)CCN(CC#Cc2c[c]ccc2)CC1. The van der Waals surface area contributed by atoms with Gasteiger partial charge in [0.2, 0.25) is 0 Å². The third kappa shape index (κ3) is 3.88. The van der Waals surface area contributed by atoms with E-state index in [0.29, 0.717) is 19.6 Å². The van der Waals surface area contributed by atoms with Gasteiger partial charge in [-0.05, 0) is 18.2 Å². The minimum atomic E-state index is -2.79. The van der Waals surface area contributed by atoms with E-state index >= 15 is 0 Å². The number of sulfone groups is 1. The second-order valence-corrected chi connectivity index (χ2v) is 6.33. The molecule has 1 saturated heterocycles. The Hall–Kier alpha value is -1.31. The third-order valence-electron chi connectivity index (χ3n) is 2.68. The third-order valence-corrected chi connectivity index (χ3v) is 4.29. The lowest BCUT2D eigenvalue weighted by atomic mass is 10.2. The summed E-state index contributed by atoms with van der Waals surface area (Å²) in [5.41, 5.74) is 0.942. The largest absolute Gasteiger partial charge is 0.290 e. The monoisotopic (exact) mass is 248 g/mol. The molecule has 0 N–H and O–H groups in total. The molecule has 1 aliphatic rings. The average Bonchev–Trinajstić information content (AvgIpc) is 2.33. The smallest absolute Gasteiger partial charge is 0.152 e. The van der Waals surface area contributed by atoms with Gasteiger partial charge in [0.15, 0.2) is 9.84 Å². The first-order chi connectivity index (χ1) is 8.16. The zero-order valence-corrected chi connectivity index (χ0v) is 10.3. The van der Waals surface area contributed by atoms with Crippen molar-refractivity contribution in [2.45, 2.75) is 0 Å². The molecule has 0 aliphatic carbocycles. The summed E-state index contributed by atoms with van der Waals surface area (Å²) in [5.74, 6) is 6.62. The highest BCUT2D eigenvalue weighted by Crippen LogP contribution is 2.02. The molecule has 1 radical (unpaired) electrons. The fourth-order valence-electron chi connectivity index (χ4n) is 1.63. The van der Waals surface area contributed by atoms with Crippen molar-refractivity contribution < 1.29 is 8.42 Å². The number of benzene rings is 1. The van der Waals surface area contributed by atoms with Crippen molar-refractivity contribution in [3.05, 3.63) is 35.9 Å². The maximum absolute atomic E-state index is 11.2. The molecule has 0 aromatic heterocycles. The first-order valence-corrected chi connectivity index (χ1v) is 7.36. The summed E-state index contributed by atoms with van der Waals surface area (Å²) >= 11 is 0. The van der Waals surface area contributed by atoms with Crippen LogP contribution in [0.15, 0.2) is 24.3 Å². The predicted octanol–water partition coefficient (Wildman–Crippen LogP) is 0.569. The maximum Gasteiger partial charge on any atom is 0.152 e. The molecule has 3 nitrogen and oxygen atoms in total. The number of hydrogen-bond acceptors (Lipinski definition) is 3. The molecule has 0 unspecified atom stereocenters. The zero-order valence-electron chi connectivity index (χ0n) is 9.52. The Morgan fingerprint density at radius 3 is 2.76 bits per heavy atom. The molecule has 0 saturated carbocycles. The van der Waals surface area contributed by atoms with E-state index in [-0.39, 0.29) is 11.5 Å². The molecule has 1 fully saturated rings. The summed E-state index contributed by atoms with van der Waals surface area (Å²) in [7, 11) is -2.79. The van der Waals surface area contributed by atoms with Crippen LogP contribution in [-0.4, -0.2) is 44.5 Å². The van der Waals surface area contributed by atoms with Gasteiger partial charge in [-0.3, -0.25) is 4.90 Å². The minimum absolute atomic E-state index is 0.258. The van der Waals surface area contributed by atoms with Crippen molar-refractivity contribution in [2.75, 3.05) is 31.1 Å². The standard InChI is InChI=1S/C13H14NO2S/c15-17(16)11-9-14(10-12-17)8-4-7-13-5-2-1-3-6-13/h1-2,5-6H,8-12H2. The quantitative estimate of drug-likeness (QED) is 0.682. The molecular weight excluding hydrogens is 234 g/mol. The fraction of sp³-hybridized carbons (Fsp3) is 0.385. The van der Waals surface area contributed by atoms with E-state index < -0.39 is 9.84 Å². The summed E-state index contributed by atoms with van der Waals surface area (Å²) in [4.78, 5) is 2.07. The highest BCUT2D eigenvalue weighted by molar-refractivity contribution is 7.91. The van der Waals surface area contributed by atoms with Crippen LogP contribution in [0.1, 0.15) is 5.56 Å². The molecule has 1 heterocycles. The molecule has 17 heavy (non-hydrogen) atoms. The van der Waals surface area contributed by atoms with Gasteiger partial charge in [0, 0.05) is 18.7 Å². The van der Waals surface area contributed by atoms with Crippen LogP contribution < -0.4 is 0 Å². The van der Waals surface area contributed by atoms with E-state index in [1.165, 1.54) is 0 Å². The van der Waals surface area contributed by atoms with Gasteiger partial charge in [-0.25, -0.2) is 8.42 Å². The van der Waals surface area contributed by atoms with Crippen molar-refractivity contribution in [1.82, 2.24) is 4.90 Å². The van der Waals surface area contributed by atoms with Gasteiger partial charge in [0.05, 0.1) is 18.1 Å². The molecule has 4 heteroatoms. The van der Waals surface area contributed by atoms with Crippen LogP contribution in [0.4, 0.5) is 0 Å². The Bertz CT molecular complexity index is 512. The van der Waals surface area contributed by atoms with E-state index in [4.69, 9.17) is 0 Å². The van der Waals surface area contributed by atoms with E-state index in [0.717, 1.165) is 5.56 Å². The van der Waals surface area contributed by atoms with Crippen LogP contribution in [0.2, 0.25) is 0 Å². The van der Waals surface area contributed by atoms with Crippen molar-refractivity contribution >= 4 is 9.84 Å². The Kier molecular flexibility index (Phi) is 3.82. The van der Waals surface area contributed by atoms with Crippen LogP contribution >= 0.6 is 0 Å². The van der Waals surface area contributed by atoms with Crippen molar-refractivity contribution in [2.24, 2.45) is 0 Å². The summed E-state index contributed by atoms with van der Waals surface area (Å²) < 4.78 is 22.4. The summed E-state index contributed by atoms with van der Waals surface area (Å²) in [6, 6.07) is 10.5. The lowest BCUT2D eigenvalue weighted by Crippen LogP contribution is -2.40. The van der Waals surface area contributed by atoms with Crippen LogP contribution in [-0.2, 0) is 9.84 Å². The molecule has 89 valence electrons. The van der Waals surface area contributed by atoms with E-state index in [1.54, 1.807) is 0 Å². The van der Waals surface area contributed by atoms with Gasteiger partial charge >= 0.3 is 0 Å². The first-order valence-electron chi connectivity index (χ1n) is 5.53. The normalized spacial score (nSPS) is 19.3. The highest BCUT2D eigenvalue weighted by Gasteiger charge is 2.20. The van der Waals surface area contributed by atoms with Crippen molar-refractivity contribution in [1.29, 1.82) is 0 Å². The Balaban J connectivity index is 1.86. The molecule has 2 rings (SSSR count). The molecule has 1 aliphatic heterocycles. The number of hydrogen-bond donors (Lipinski definition) is 0. The second kappa shape index (κ2) is 5.35. The summed E-state index contributed by atoms with van der Waals surface area (Å²) in [6.45, 7) is 1.82. The Morgan fingerprint density at radius 1 is 1.35 bits per heavy atom. The van der Waals surface area contributed by atoms with Gasteiger partial charge in [0.1, 0.15) is 0 Å². The molecule has 1 aromatic carbocycles. The van der Waals surface area contributed by atoms with Gasteiger partial charge < -0.3 is 0 Å². The number of nitrogens with zero attached hydrogens (tertiary/aromatic N) is 1. The molecule has 0 spiro atoms. The van der Waals surface area contributed by atoms with Crippen molar-refractivity contribution in [3.8, 4) is 11.8 Å². The molecular formula is C13H14NO2S. The first kappa shape index (κ1) is 12.2. The van der Waals surface area contributed by atoms with Crippen LogP contribution in [0.5, 0.6) is 0 Å². The molecule has 0 amide bonds. The lowest BCUT2D eigenvalue weighted by molar-refractivity contribution is 0.332. The highest BCUT2D eigenvalue weighted by atomic mass is 32.2. The molecule has 0 bridgehead atoms.